The largest absolute Gasteiger partial charge is 0.481 e. The third kappa shape index (κ3) is 4.35. The summed E-state index contributed by atoms with van der Waals surface area (Å²) in [4.78, 5) is 34.8. The second-order valence-electron chi connectivity index (χ2n) is 2.61. The van der Waals surface area contributed by atoms with Gasteiger partial charge in [-0.2, -0.15) is 0 Å². The normalized spacial score (nSPS) is 14.0. The van der Waals surface area contributed by atoms with Crippen molar-refractivity contribution in [3.05, 3.63) is 0 Å². The van der Waals surface area contributed by atoms with Crippen LogP contribution < -0.4 is 0 Å². The number of aliphatic hydroxyl groups is 1. The quantitative estimate of drug-likeness (QED) is 0.315. The van der Waals surface area contributed by atoms with Gasteiger partial charge in [-0.1, -0.05) is 0 Å². The lowest BCUT2D eigenvalue weighted by molar-refractivity contribution is -0.462. The molecule has 9 nitrogen and oxygen atoms in total. The number of carboxylic acid groups (broad SMARTS) is 2. The lowest BCUT2D eigenvalue weighted by atomic mass is 9.96. The zero-order valence-corrected chi connectivity index (χ0v) is 7.24. The third-order valence-corrected chi connectivity index (χ3v) is 1.41. The van der Waals surface area contributed by atoms with Crippen molar-refractivity contribution < 1.29 is 44.9 Å². The molecule has 0 spiro atoms. The summed E-state index contributed by atoms with van der Waals surface area (Å²) in [5.74, 6) is -4.94. The lowest BCUT2D eigenvalue weighted by Crippen LogP contribution is -2.43. The number of carboxylic acids is 2. The van der Waals surface area contributed by atoms with Crippen LogP contribution in [0.15, 0.2) is 0 Å². The Balaban J connectivity index is 4.58. The fourth-order valence-electron chi connectivity index (χ4n) is 0.774. The highest BCUT2D eigenvalue weighted by Crippen LogP contribution is 2.16. The second kappa shape index (κ2) is 5.24. The van der Waals surface area contributed by atoms with Crippen LogP contribution >= 0.6 is 0 Å². The first-order chi connectivity index (χ1) is 6.81. The predicted molar refractivity (Wildman–Crippen MR) is 39.3 cm³/mol. The maximum atomic E-state index is 10.6. The average Bonchev–Trinajstić information content (AvgIpc) is 2.01. The van der Waals surface area contributed by atoms with Crippen LogP contribution in [0, 0.1) is 0 Å². The van der Waals surface area contributed by atoms with Crippen molar-refractivity contribution in [1.82, 2.24) is 0 Å². The zero-order valence-electron chi connectivity index (χ0n) is 7.24. The average molecular weight is 224 g/mol. The first-order valence-corrected chi connectivity index (χ1v) is 3.50. The van der Waals surface area contributed by atoms with Crippen LogP contribution in [-0.4, -0.2) is 44.1 Å². The topological polar surface area (TPSA) is 151 Å². The van der Waals surface area contributed by atoms with Crippen molar-refractivity contribution in [3.8, 4) is 0 Å². The van der Waals surface area contributed by atoms with Crippen LogP contribution in [0.5, 0.6) is 0 Å². The highest BCUT2D eigenvalue weighted by Gasteiger charge is 2.41. The smallest absolute Gasteiger partial charge is 0.349 e. The van der Waals surface area contributed by atoms with Crippen LogP contribution in [0.25, 0.3) is 0 Å². The standard InChI is InChI=1S/C6H8O9/c7-3(8)1-6(12,5(10)11)2-4(9)14-15-13/h12-13H,1-2H2,(H,7,8)(H,10,11). The van der Waals surface area contributed by atoms with E-state index in [1.807, 2.05) is 0 Å². The van der Waals surface area contributed by atoms with Gasteiger partial charge in [-0.25, -0.2) is 14.8 Å². The molecule has 0 aliphatic heterocycles. The molecule has 0 aromatic carbocycles. The molecule has 0 aliphatic carbocycles. The molecule has 0 saturated heterocycles. The SMILES string of the molecule is O=C(O)CC(O)(CC(=O)OOO)C(=O)O. The van der Waals surface area contributed by atoms with E-state index in [-0.39, 0.29) is 0 Å². The van der Waals surface area contributed by atoms with Gasteiger partial charge < -0.3 is 15.3 Å². The molecule has 1 unspecified atom stereocenters. The van der Waals surface area contributed by atoms with Crippen molar-refractivity contribution in [2.75, 3.05) is 0 Å². The summed E-state index contributed by atoms with van der Waals surface area (Å²) >= 11 is 0. The minimum Gasteiger partial charge on any atom is -0.481 e. The zero-order chi connectivity index (χ0) is 12.1. The summed E-state index contributed by atoms with van der Waals surface area (Å²) in [5, 5.41) is 36.6. The van der Waals surface area contributed by atoms with E-state index in [1.54, 1.807) is 0 Å². The molecule has 1 atom stereocenters. The first-order valence-electron chi connectivity index (χ1n) is 3.50. The molecular formula is C6H8O9. The Morgan fingerprint density at radius 2 is 1.67 bits per heavy atom. The molecule has 15 heavy (non-hydrogen) atoms. The van der Waals surface area contributed by atoms with Gasteiger partial charge in [0.1, 0.15) is 0 Å². The number of hydrogen-bond acceptors (Lipinski definition) is 7. The van der Waals surface area contributed by atoms with Crippen LogP contribution in [0.2, 0.25) is 0 Å². The van der Waals surface area contributed by atoms with Crippen LogP contribution in [0.3, 0.4) is 0 Å². The highest BCUT2D eigenvalue weighted by molar-refractivity contribution is 5.88. The van der Waals surface area contributed by atoms with Crippen molar-refractivity contribution in [2.24, 2.45) is 0 Å². The lowest BCUT2D eigenvalue weighted by Gasteiger charge is -2.18. The molecular weight excluding hydrogens is 216 g/mol. The van der Waals surface area contributed by atoms with E-state index in [2.05, 4.69) is 9.93 Å². The summed E-state index contributed by atoms with van der Waals surface area (Å²) in [5.41, 5.74) is -2.80. The van der Waals surface area contributed by atoms with E-state index in [4.69, 9.17) is 15.5 Å². The van der Waals surface area contributed by atoms with Gasteiger partial charge in [-0.3, -0.25) is 9.68 Å². The molecule has 0 rings (SSSR count). The van der Waals surface area contributed by atoms with Crippen molar-refractivity contribution in [1.29, 1.82) is 0 Å². The Hall–Kier alpha value is -1.71. The van der Waals surface area contributed by atoms with Gasteiger partial charge in [0.25, 0.3) is 0 Å². The minimum atomic E-state index is -2.80. The monoisotopic (exact) mass is 224 g/mol. The molecule has 4 N–H and O–H groups in total. The molecule has 0 saturated carbocycles. The van der Waals surface area contributed by atoms with Gasteiger partial charge in [0, 0.05) is 0 Å². The van der Waals surface area contributed by atoms with Gasteiger partial charge in [-0.15, -0.1) is 0 Å². The molecule has 0 aromatic heterocycles. The van der Waals surface area contributed by atoms with E-state index in [9.17, 15) is 19.5 Å². The summed E-state index contributed by atoms with van der Waals surface area (Å²) < 4.78 is 0. The molecule has 0 heterocycles. The minimum absolute atomic E-state index is 1.17. The van der Waals surface area contributed by atoms with Gasteiger partial charge in [0.15, 0.2) is 5.60 Å². The maximum Gasteiger partial charge on any atom is 0.349 e. The Morgan fingerprint density at radius 3 is 2.00 bits per heavy atom. The Morgan fingerprint density at radius 1 is 1.13 bits per heavy atom. The molecule has 9 heteroatoms. The fraction of sp³-hybridized carbons (Fsp3) is 0.500. The summed E-state index contributed by atoms with van der Waals surface area (Å²) in [7, 11) is 0. The number of aliphatic carboxylic acids is 2. The molecule has 0 aliphatic rings. The van der Waals surface area contributed by atoms with Crippen molar-refractivity contribution in [3.63, 3.8) is 0 Å². The van der Waals surface area contributed by atoms with Gasteiger partial charge in [-0.05, 0) is 5.04 Å². The molecule has 0 fully saturated rings. The number of carbonyl (C=O) groups excluding carboxylic acids is 1. The Labute approximate surface area is 82.3 Å². The van der Waals surface area contributed by atoms with E-state index in [0.29, 0.717) is 0 Å². The van der Waals surface area contributed by atoms with Crippen molar-refractivity contribution in [2.45, 2.75) is 18.4 Å². The summed E-state index contributed by atoms with van der Waals surface area (Å²) in [6.07, 6.45) is -2.36. The van der Waals surface area contributed by atoms with Crippen LogP contribution in [0.1, 0.15) is 12.8 Å². The van der Waals surface area contributed by atoms with E-state index >= 15 is 0 Å². The number of carbonyl (C=O) groups is 3. The number of hydrogen-bond donors (Lipinski definition) is 4. The first kappa shape index (κ1) is 13.3. The maximum absolute atomic E-state index is 10.6. The van der Waals surface area contributed by atoms with Gasteiger partial charge in [0.05, 0.1) is 12.8 Å². The molecule has 0 amide bonds. The number of rotatable bonds is 6. The Kier molecular flexibility index (Phi) is 4.64. The molecule has 86 valence electrons. The van der Waals surface area contributed by atoms with Crippen LogP contribution in [0.4, 0.5) is 0 Å². The van der Waals surface area contributed by atoms with E-state index in [0.717, 1.165) is 0 Å². The summed E-state index contributed by atoms with van der Waals surface area (Å²) in [6.45, 7) is 0. The third-order valence-electron chi connectivity index (χ3n) is 1.41. The highest BCUT2D eigenvalue weighted by atomic mass is 17.5. The molecule has 0 radical (unpaired) electrons. The van der Waals surface area contributed by atoms with E-state index in [1.165, 1.54) is 0 Å². The Bertz CT molecular complexity index is 272. The molecule has 0 bridgehead atoms. The summed E-state index contributed by atoms with van der Waals surface area (Å²) in [6, 6.07) is 0. The van der Waals surface area contributed by atoms with Crippen LogP contribution in [-0.2, 0) is 24.3 Å². The van der Waals surface area contributed by atoms with Gasteiger partial charge >= 0.3 is 17.9 Å². The van der Waals surface area contributed by atoms with Gasteiger partial charge in [0.2, 0.25) is 0 Å². The van der Waals surface area contributed by atoms with E-state index < -0.39 is 36.4 Å². The molecule has 0 aromatic rings. The fourth-order valence-corrected chi connectivity index (χ4v) is 0.774. The second-order valence-corrected chi connectivity index (χ2v) is 2.61. The van der Waals surface area contributed by atoms with Crippen molar-refractivity contribution >= 4 is 17.9 Å². The predicted octanol–water partition coefficient (Wildman–Crippen LogP) is -1.39.